The van der Waals surface area contributed by atoms with Crippen molar-refractivity contribution >= 4 is 33.0 Å². The number of hydrogen-bond donors (Lipinski definition) is 1. The molecule has 1 N–H and O–H groups in total. The number of hydrogen-bond acceptors (Lipinski definition) is 4. The third-order valence-corrected chi connectivity index (χ3v) is 6.34. The minimum absolute atomic E-state index is 0.0471. The van der Waals surface area contributed by atoms with Crippen LogP contribution in [-0.2, 0) is 10.0 Å². The fourth-order valence-corrected chi connectivity index (χ4v) is 4.78. The zero-order valence-corrected chi connectivity index (χ0v) is 11.2. The van der Waals surface area contributed by atoms with E-state index in [2.05, 4.69) is 5.32 Å². The molecule has 1 aromatic rings. The van der Waals surface area contributed by atoms with Gasteiger partial charge in [-0.3, -0.25) is 0 Å². The molecule has 0 saturated carbocycles. The van der Waals surface area contributed by atoms with Crippen molar-refractivity contribution in [3.63, 3.8) is 0 Å². The summed E-state index contributed by atoms with van der Waals surface area (Å²) in [4.78, 5) is 0. The second-order valence-electron chi connectivity index (χ2n) is 3.73. The minimum atomic E-state index is -3.37. The Morgan fingerprint density at radius 1 is 1.56 bits per heavy atom. The van der Waals surface area contributed by atoms with Crippen LogP contribution in [0.3, 0.4) is 0 Å². The van der Waals surface area contributed by atoms with Crippen LogP contribution < -0.4 is 5.32 Å². The number of rotatable bonds is 3. The smallest absolute Gasteiger partial charge is 0.252 e. The van der Waals surface area contributed by atoms with Crippen LogP contribution in [0.1, 0.15) is 6.42 Å². The first-order valence-electron chi connectivity index (χ1n) is 4.96. The first kappa shape index (κ1) is 12.3. The number of thiophene rings is 1. The highest BCUT2D eigenvalue weighted by Gasteiger charge is 2.30. The molecule has 2 rings (SSSR count). The van der Waals surface area contributed by atoms with Crippen molar-refractivity contribution in [2.24, 2.45) is 0 Å². The Kier molecular flexibility index (Phi) is 3.56. The number of nitrogens with one attached hydrogen (secondary N) is 1. The van der Waals surface area contributed by atoms with E-state index in [1.165, 1.54) is 4.31 Å². The number of halogens is 1. The van der Waals surface area contributed by atoms with Gasteiger partial charge in [0.2, 0.25) is 0 Å². The summed E-state index contributed by atoms with van der Waals surface area (Å²) in [6.45, 7) is 1.59. The molecule has 1 aliphatic heterocycles. The summed E-state index contributed by atoms with van der Waals surface area (Å²) in [6.07, 6.45) is 0.856. The molecule has 7 heteroatoms. The molecule has 0 bridgehead atoms. The maximum absolute atomic E-state index is 12.2. The molecule has 1 fully saturated rings. The SMILES string of the molecule is CN(C1CCNC1)S(=O)(=O)c1ccc(Cl)s1. The summed E-state index contributed by atoms with van der Waals surface area (Å²) < 4.78 is 26.6. The lowest BCUT2D eigenvalue weighted by molar-refractivity contribution is 0.389. The molecule has 1 aromatic heterocycles. The van der Waals surface area contributed by atoms with Gasteiger partial charge >= 0.3 is 0 Å². The van der Waals surface area contributed by atoms with Gasteiger partial charge < -0.3 is 5.32 Å². The molecule has 90 valence electrons. The molecule has 0 radical (unpaired) electrons. The van der Waals surface area contributed by atoms with Crippen molar-refractivity contribution in [1.29, 1.82) is 0 Å². The average Bonchev–Trinajstić information content (AvgIpc) is 2.86. The monoisotopic (exact) mass is 280 g/mol. The predicted octanol–water partition coefficient (Wildman–Crippen LogP) is 1.38. The quantitative estimate of drug-likeness (QED) is 0.910. The van der Waals surface area contributed by atoms with E-state index in [4.69, 9.17) is 11.6 Å². The van der Waals surface area contributed by atoms with Crippen molar-refractivity contribution < 1.29 is 8.42 Å². The molecule has 4 nitrogen and oxygen atoms in total. The molecule has 1 saturated heterocycles. The Morgan fingerprint density at radius 3 is 2.81 bits per heavy atom. The van der Waals surface area contributed by atoms with E-state index in [0.29, 0.717) is 8.55 Å². The summed E-state index contributed by atoms with van der Waals surface area (Å²) in [6, 6.07) is 3.21. The molecule has 1 aliphatic rings. The maximum Gasteiger partial charge on any atom is 0.252 e. The van der Waals surface area contributed by atoms with Crippen LogP contribution in [0, 0.1) is 0 Å². The van der Waals surface area contributed by atoms with Crippen molar-refractivity contribution in [3.05, 3.63) is 16.5 Å². The van der Waals surface area contributed by atoms with Gasteiger partial charge in [-0.15, -0.1) is 11.3 Å². The Morgan fingerprint density at radius 2 is 2.31 bits per heavy atom. The molecule has 2 heterocycles. The average molecular weight is 281 g/mol. The second-order valence-corrected chi connectivity index (χ2v) is 7.67. The van der Waals surface area contributed by atoms with E-state index >= 15 is 0 Å². The van der Waals surface area contributed by atoms with Gasteiger partial charge in [0.25, 0.3) is 10.0 Å². The van der Waals surface area contributed by atoms with Crippen LogP contribution >= 0.6 is 22.9 Å². The van der Waals surface area contributed by atoms with Crippen LogP contribution in [0.25, 0.3) is 0 Å². The van der Waals surface area contributed by atoms with Crippen LogP contribution in [0.2, 0.25) is 4.34 Å². The van der Waals surface area contributed by atoms with E-state index in [9.17, 15) is 8.42 Å². The predicted molar refractivity (Wildman–Crippen MR) is 65.6 cm³/mol. The summed E-state index contributed by atoms with van der Waals surface area (Å²) in [7, 11) is -1.75. The topological polar surface area (TPSA) is 49.4 Å². The molecule has 0 spiro atoms. The third kappa shape index (κ3) is 2.26. The molecular formula is C9H13ClN2O2S2. The lowest BCUT2D eigenvalue weighted by atomic mass is 10.3. The fourth-order valence-electron chi connectivity index (χ4n) is 1.72. The lowest BCUT2D eigenvalue weighted by Gasteiger charge is -2.22. The number of sulfonamides is 1. The van der Waals surface area contributed by atoms with E-state index in [1.807, 2.05) is 0 Å². The molecule has 16 heavy (non-hydrogen) atoms. The van der Waals surface area contributed by atoms with Crippen LogP contribution in [0.15, 0.2) is 16.3 Å². The standard InChI is InChI=1S/C9H13ClN2O2S2/c1-12(7-4-5-11-6-7)16(13,14)9-3-2-8(10)15-9/h2-3,7,11H,4-6H2,1H3. The summed E-state index contributed by atoms with van der Waals surface area (Å²) in [5.74, 6) is 0. The van der Waals surface area contributed by atoms with Gasteiger partial charge in [-0.25, -0.2) is 8.42 Å². The normalized spacial score (nSPS) is 21.8. The zero-order chi connectivity index (χ0) is 11.8. The van der Waals surface area contributed by atoms with Gasteiger partial charge in [-0.1, -0.05) is 11.6 Å². The van der Waals surface area contributed by atoms with Gasteiger partial charge in [-0.2, -0.15) is 4.31 Å². The minimum Gasteiger partial charge on any atom is -0.315 e. The summed E-state index contributed by atoms with van der Waals surface area (Å²) >= 11 is 6.85. The molecular weight excluding hydrogens is 268 g/mol. The fraction of sp³-hybridized carbons (Fsp3) is 0.556. The Labute approximate surface area is 104 Å². The number of likely N-dealkylation sites (N-methyl/N-ethyl adjacent to an activating group) is 1. The molecule has 0 aliphatic carbocycles. The second kappa shape index (κ2) is 4.62. The van der Waals surface area contributed by atoms with Crippen LogP contribution in [0.4, 0.5) is 0 Å². The highest BCUT2D eigenvalue weighted by Crippen LogP contribution is 2.28. The van der Waals surface area contributed by atoms with Gasteiger partial charge in [0, 0.05) is 19.6 Å². The van der Waals surface area contributed by atoms with Gasteiger partial charge in [0.1, 0.15) is 4.21 Å². The van der Waals surface area contributed by atoms with E-state index in [-0.39, 0.29) is 6.04 Å². The molecule has 1 atom stereocenters. The van der Waals surface area contributed by atoms with E-state index in [1.54, 1.807) is 19.2 Å². The summed E-state index contributed by atoms with van der Waals surface area (Å²) in [5.41, 5.74) is 0. The van der Waals surface area contributed by atoms with Crippen molar-refractivity contribution in [3.8, 4) is 0 Å². The molecule has 1 unspecified atom stereocenters. The van der Waals surface area contributed by atoms with Gasteiger partial charge in [-0.05, 0) is 25.1 Å². The Hall–Kier alpha value is -0.140. The van der Waals surface area contributed by atoms with Crippen molar-refractivity contribution in [1.82, 2.24) is 9.62 Å². The maximum atomic E-state index is 12.2. The number of nitrogens with zero attached hydrogens (tertiary/aromatic N) is 1. The highest BCUT2D eigenvalue weighted by molar-refractivity contribution is 7.91. The zero-order valence-electron chi connectivity index (χ0n) is 8.81. The van der Waals surface area contributed by atoms with Crippen molar-refractivity contribution in [2.75, 3.05) is 20.1 Å². The largest absolute Gasteiger partial charge is 0.315 e. The molecule has 0 amide bonds. The lowest BCUT2D eigenvalue weighted by Crippen LogP contribution is -2.37. The van der Waals surface area contributed by atoms with E-state index < -0.39 is 10.0 Å². The Bertz CT molecular complexity index is 466. The first-order chi connectivity index (χ1) is 7.51. The van der Waals surface area contributed by atoms with Crippen LogP contribution in [0.5, 0.6) is 0 Å². The van der Waals surface area contributed by atoms with Gasteiger partial charge in [0.05, 0.1) is 4.34 Å². The van der Waals surface area contributed by atoms with Crippen molar-refractivity contribution in [2.45, 2.75) is 16.7 Å². The molecule has 0 aromatic carbocycles. The Balaban J connectivity index is 2.24. The van der Waals surface area contributed by atoms with Gasteiger partial charge in [0.15, 0.2) is 0 Å². The van der Waals surface area contributed by atoms with Crippen LogP contribution in [-0.4, -0.2) is 38.9 Å². The van der Waals surface area contributed by atoms with E-state index in [0.717, 1.165) is 30.8 Å². The first-order valence-corrected chi connectivity index (χ1v) is 7.59. The third-order valence-electron chi connectivity index (χ3n) is 2.73. The highest BCUT2D eigenvalue weighted by atomic mass is 35.5. The summed E-state index contributed by atoms with van der Waals surface area (Å²) in [5, 5.41) is 3.15.